The summed E-state index contributed by atoms with van der Waals surface area (Å²) >= 11 is 0. The number of benzene rings is 1. The molecule has 0 aliphatic rings. The summed E-state index contributed by atoms with van der Waals surface area (Å²) in [5.41, 5.74) is 2.41. The average molecular weight is 239 g/mol. The third-order valence-electron chi connectivity index (χ3n) is 2.71. The first kappa shape index (κ1) is 11.9. The molecular formula is C14H13N3O. The minimum Gasteiger partial charge on any atom is -0.380 e. The first-order valence-corrected chi connectivity index (χ1v) is 5.59. The summed E-state index contributed by atoms with van der Waals surface area (Å²) in [6.45, 7) is 0.557. The van der Waals surface area contributed by atoms with Crippen molar-refractivity contribution < 1.29 is 0 Å². The molecule has 0 aliphatic carbocycles. The smallest absolute Gasteiger partial charge is 0.250 e. The minimum absolute atomic E-state index is 0.0435. The van der Waals surface area contributed by atoms with E-state index in [1.165, 1.54) is 10.6 Å². The van der Waals surface area contributed by atoms with Gasteiger partial charge in [-0.05, 0) is 17.7 Å². The Balaban J connectivity index is 2.14. The molecule has 0 unspecified atom stereocenters. The van der Waals surface area contributed by atoms with E-state index in [0.29, 0.717) is 12.1 Å². The zero-order valence-electron chi connectivity index (χ0n) is 10.1. The van der Waals surface area contributed by atoms with Crippen molar-refractivity contribution in [3.63, 3.8) is 0 Å². The van der Waals surface area contributed by atoms with Crippen LogP contribution in [0.4, 0.5) is 5.69 Å². The zero-order chi connectivity index (χ0) is 13.0. The maximum absolute atomic E-state index is 11.2. The molecular weight excluding hydrogens is 226 g/mol. The number of aromatic nitrogens is 1. The molecule has 2 aromatic rings. The first-order valence-electron chi connectivity index (χ1n) is 5.59. The normalized spacial score (nSPS) is 9.78. The fourth-order valence-electron chi connectivity index (χ4n) is 1.68. The molecule has 0 fully saturated rings. The van der Waals surface area contributed by atoms with Crippen LogP contribution in [0, 0.1) is 11.3 Å². The third-order valence-corrected chi connectivity index (χ3v) is 2.71. The molecule has 0 radical (unpaired) electrons. The van der Waals surface area contributed by atoms with Gasteiger partial charge in [0.25, 0.3) is 0 Å². The lowest BCUT2D eigenvalue weighted by molar-refractivity contribution is 0.859. The summed E-state index contributed by atoms with van der Waals surface area (Å²) in [5.74, 6) is 0. The number of aryl methyl sites for hydroxylation is 1. The maximum Gasteiger partial charge on any atom is 0.250 e. The summed E-state index contributed by atoms with van der Waals surface area (Å²) in [4.78, 5) is 11.2. The van der Waals surface area contributed by atoms with Crippen molar-refractivity contribution in [1.82, 2.24) is 4.57 Å². The topological polar surface area (TPSA) is 57.8 Å². The number of rotatable bonds is 3. The molecule has 1 N–H and O–H groups in total. The molecule has 0 spiro atoms. The van der Waals surface area contributed by atoms with Crippen molar-refractivity contribution in [1.29, 1.82) is 5.26 Å². The van der Waals surface area contributed by atoms with Gasteiger partial charge in [0.1, 0.15) is 0 Å². The number of pyridine rings is 1. The quantitative estimate of drug-likeness (QED) is 0.889. The van der Waals surface area contributed by atoms with E-state index in [9.17, 15) is 4.79 Å². The molecule has 0 saturated carbocycles. The number of hydrogen-bond donors (Lipinski definition) is 1. The maximum atomic E-state index is 11.2. The summed E-state index contributed by atoms with van der Waals surface area (Å²) in [5, 5.41) is 12.2. The van der Waals surface area contributed by atoms with Crippen molar-refractivity contribution >= 4 is 5.69 Å². The summed E-state index contributed by atoms with van der Waals surface area (Å²) in [6.07, 6.45) is 1.73. The SMILES string of the molecule is Cn1cc(NCc2ccccc2C#N)ccc1=O. The van der Waals surface area contributed by atoms with Gasteiger partial charge in [-0.25, -0.2) is 0 Å². The number of nitriles is 1. The Morgan fingerprint density at radius 3 is 2.78 bits per heavy atom. The molecule has 0 bridgehead atoms. The van der Waals surface area contributed by atoms with Crippen LogP contribution in [0.15, 0.2) is 47.4 Å². The van der Waals surface area contributed by atoms with Gasteiger partial charge in [0.05, 0.1) is 17.3 Å². The molecule has 2 rings (SSSR count). The number of hydrogen-bond acceptors (Lipinski definition) is 3. The van der Waals surface area contributed by atoms with Gasteiger partial charge in [0.15, 0.2) is 0 Å². The minimum atomic E-state index is -0.0435. The highest BCUT2D eigenvalue weighted by Gasteiger charge is 2.00. The van der Waals surface area contributed by atoms with Gasteiger partial charge in [-0.3, -0.25) is 4.79 Å². The highest BCUT2D eigenvalue weighted by molar-refractivity contribution is 5.44. The second-order valence-corrected chi connectivity index (χ2v) is 3.99. The van der Waals surface area contributed by atoms with Crippen LogP contribution in [0.2, 0.25) is 0 Å². The first-order chi connectivity index (χ1) is 8.70. The lowest BCUT2D eigenvalue weighted by Crippen LogP contribution is -2.15. The molecule has 0 saturated heterocycles. The van der Waals surface area contributed by atoms with E-state index in [4.69, 9.17) is 5.26 Å². The van der Waals surface area contributed by atoms with Crippen LogP contribution in [0.5, 0.6) is 0 Å². The molecule has 0 aliphatic heterocycles. The van der Waals surface area contributed by atoms with Gasteiger partial charge >= 0.3 is 0 Å². The molecule has 4 nitrogen and oxygen atoms in total. The molecule has 0 atom stereocenters. The van der Waals surface area contributed by atoms with Crippen LogP contribution in [0.3, 0.4) is 0 Å². The lowest BCUT2D eigenvalue weighted by Gasteiger charge is -2.08. The van der Waals surface area contributed by atoms with Gasteiger partial charge in [-0.1, -0.05) is 18.2 Å². The highest BCUT2D eigenvalue weighted by atomic mass is 16.1. The predicted octanol–water partition coefficient (Wildman–Crippen LogP) is 1.87. The van der Waals surface area contributed by atoms with Crippen LogP contribution in [0.1, 0.15) is 11.1 Å². The lowest BCUT2D eigenvalue weighted by atomic mass is 10.1. The number of anilines is 1. The second kappa shape index (κ2) is 5.19. The standard InChI is InChI=1S/C14H13N3O/c1-17-10-13(6-7-14(17)18)16-9-12-5-3-2-4-11(12)8-15/h2-7,10,16H,9H2,1H3. The Morgan fingerprint density at radius 1 is 1.28 bits per heavy atom. The van der Waals surface area contributed by atoms with Gasteiger partial charge in [-0.2, -0.15) is 5.26 Å². The van der Waals surface area contributed by atoms with Crippen LogP contribution in [0.25, 0.3) is 0 Å². The monoisotopic (exact) mass is 239 g/mol. The largest absolute Gasteiger partial charge is 0.380 e. The van der Waals surface area contributed by atoms with E-state index in [0.717, 1.165) is 11.3 Å². The Labute approximate surface area is 105 Å². The molecule has 18 heavy (non-hydrogen) atoms. The summed E-state index contributed by atoms with van der Waals surface area (Å²) < 4.78 is 1.51. The van der Waals surface area contributed by atoms with Crippen molar-refractivity contribution in [3.05, 3.63) is 64.1 Å². The Bertz CT molecular complexity index is 653. The fourth-order valence-corrected chi connectivity index (χ4v) is 1.68. The van der Waals surface area contributed by atoms with Crippen molar-refractivity contribution in [2.75, 3.05) is 5.32 Å². The Morgan fingerprint density at radius 2 is 2.06 bits per heavy atom. The molecule has 90 valence electrons. The van der Waals surface area contributed by atoms with Crippen molar-refractivity contribution in [3.8, 4) is 6.07 Å². The van der Waals surface area contributed by atoms with E-state index in [1.807, 2.05) is 18.2 Å². The van der Waals surface area contributed by atoms with E-state index in [-0.39, 0.29) is 5.56 Å². The number of nitrogens with one attached hydrogen (secondary N) is 1. The van der Waals surface area contributed by atoms with E-state index < -0.39 is 0 Å². The molecule has 1 aromatic heterocycles. The predicted molar refractivity (Wildman–Crippen MR) is 70.2 cm³/mol. The van der Waals surface area contributed by atoms with Crippen LogP contribution in [-0.2, 0) is 13.6 Å². The second-order valence-electron chi connectivity index (χ2n) is 3.99. The van der Waals surface area contributed by atoms with Crippen LogP contribution < -0.4 is 10.9 Å². The summed E-state index contributed by atoms with van der Waals surface area (Å²) in [7, 11) is 1.71. The zero-order valence-corrected chi connectivity index (χ0v) is 10.1. The molecule has 1 aromatic carbocycles. The molecule has 0 amide bonds. The van der Waals surface area contributed by atoms with E-state index in [1.54, 1.807) is 25.4 Å². The fraction of sp³-hybridized carbons (Fsp3) is 0.143. The van der Waals surface area contributed by atoms with E-state index in [2.05, 4.69) is 11.4 Å². The van der Waals surface area contributed by atoms with Gasteiger partial charge in [-0.15, -0.1) is 0 Å². The van der Waals surface area contributed by atoms with Crippen LogP contribution in [-0.4, -0.2) is 4.57 Å². The van der Waals surface area contributed by atoms with E-state index >= 15 is 0 Å². The highest BCUT2D eigenvalue weighted by Crippen LogP contribution is 2.10. The van der Waals surface area contributed by atoms with Gasteiger partial charge in [0, 0.05) is 25.9 Å². The average Bonchev–Trinajstić information content (AvgIpc) is 2.40. The Kier molecular flexibility index (Phi) is 3.44. The van der Waals surface area contributed by atoms with Crippen LogP contribution >= 0.6 is 0 Å². The van der Waals surface area contributed by atoms with Gasteiger partial charge < -0.3 is 9.88 Å². The molecule has 4 heteroatoms. The summed E-state index contributed by atoms with van der Waals surface area (Å²) in [6, 6.07) is 12.8. The number of nitrogens with zero attached hydrogens (tertiary/aromatic N) is 2. The van der Waals surface area contributed by atoms with Crippen molar-refractivity contribution in [2.24, 2.45) is 7.05 Å². The molecule has 1 heterocycles. The van der Waals surface area contributed by atoms with Gasteiger partial charge in [0.2, 0.25) is 5.56 Å². The third kappa shape index (κ3) is 2.58. The Hall–Kier alpha value is -2.54. The van der Waals surface area contributed by atoms with Crippen molar-refractivity contribution in [2.45, 2.75) is 6.54 Å².